The summed E-state index contributed by atoms with van der Waals surface area (Å²) in [5.41, 5.74) is 2.45. The second kappa shape index (κ2) is 8.19. The van der Waals surface area contributed by atoms with E-state index in [-0.39, 0.29) is 12.5 Å². The van der Waals surface area contributed by atoms with E-state index < -0.39 is 0 Å². The average Bonchev–Trinajstić information content (AvgIpc) is 3.55. The van der Waals surface area contributed by atoms with Gasteiger partial charge in [-0.25, -0.2) is 9.67 Å². The van der Waals surface area contributed by atoms with Gasteiger partial charge >= 0.3 is 0 Å². The van der Waals surface area contributed by atoms with Gasteiger partial charge in [-0.05, 0) is 42.5 Å². The molecule has 5 aromatic rings. The molecule has 0 bridgehead atoms. The lowest BCUT2D eigenvalue weighted by atomic mass is 10.1. The first-order valence-corrected chi connectivity index (χ1v) is 10.2. The predicted molar refractivity (Wildman–Crippen MR) is 118 cm³/mol. The third-order valence-corrected chi connectivity index (χ3v) is 5.44. The molecule has 2 N–H and O–H groups in total. The van der Waals surface area contributed by atoms with Crippen molar-refractivity contribution in [3.05, 3.63) is 77.1 Å². The first-order chi connectivity index (χ1) is 15.6. The highest BCUT2D eigenvalue weighted by Gasteiger charge is 2.18. The van der Waals surface area contributed by atoms with Crippen LogP contribution in [0.5, 0.6) is 0 Å². The van der Waals surface area contributed by atoms with Gasteiger partial charge in [0.2, 0.25) is 0 Å². The second-order valence-electron chi connectivity index (χ2n) is 7.10. The molecule has 0 radical (unpaired) electrons. The zero-order valence-corrected chi connectivity index (χ0v) is 17.8. The molecule has 160 valence electrons. The summed E-state index contributed by atoms with van der Waals surface area (Å²) in [5.74, 6) is 1.09. The van der Waals surface area contributed by atoms with Gasteiger partial charge in [-0.1, -0.05) is 0 Å². The van der Waals surface area contributed by atoms with Crippen molar-refractivity contribution in [2.24, 2.45) is 7.05 Å². The van der Waals surface area contributed by atoms with Gasteiger partial charge in [-0.3, -0.25) is 14.9 Å². The van der Waals surface area contributed by atoms with Gasteiger partial charge < -0.3 is 14.3 Å². The van der Waals surface area contributed by atoms with Crippen LogP contribution in [0.3, 0.4) is 0 Å². The maximum Gasteiger partial charge on any atom is 0.252 e. The molecule has 5 rings (SSSR count). The minimum atomic E-state index is -0.269. The summed E-state index contributed by atoms with van der Waals surface area (Å²) in [6, 6.07) is 9.15. The monoisotopic (exact) mass is 446 g/mol. The molecule has 32 heavy (non-hydrogen) atoms. The van der Waals surface area contributed by atoms with Crippen molar-refractivity contribution >= 4 is 29.2 Å². The van der Waals surface area contributed by atoms with Crippen molar-refractivity contribution in [2.75, 3.05) is 0 Å². The number of nitrogens with one attached hydrogen (secondary N) is 2. The van der Waals surface area contributed by atoms with Crippen LogP contribution in [0.25, 0.3) is 22.3 Å². The van der Waals surface area contributed by atoms with Crippen molar-refractivity contribution in [1.82, 2.24) is 39.8 Å². The largest absolute Gasteiger partial charge is 0.467 e. The van der Waals surface area contributed by atoms with Gasteiger partial charge in [0.1, 0.15) is 12.3 Å². The first-order valence-electron chi connectivity index (χ1n) is 9.78. The highest BCUT2D eigenvalue weighted by molar-refractivity contribution is 7.71. The summed E-state index contributed by atoms with van der Waals surface area (Å²) >= 11 is 5.13. The molecule has 0 unspecified atom stereocenters. The standard InChI is InChI=1S/C21H18N8O2S/c1-28-18(26-27-21(28)32)11-23-20(30)15-8-17(13-4-2-6-22-9-13)25-19-16(15)10-24-29(19)12-14-5-3-7-31-14/h2-10H,11-12H2,1H3,(H,23,30)(H,27,32). The SMILES string of the molecule is Cn1c(CNC(=O)c2cc(-c3cccnc3)nc3c2cnn3Cc2ccco2)n[nH]c1=S. The van der Waals surface area contributed by atoms with Crippen molar-refractivity contribution in [1.29, 1.82) is 0 Å². The number of nitrogens with zero attached hydrogens (tertiary/aromatic N) is 6. The normalized spacial score (nSPS) is 11.2. The van der Waals surface area contributed by atoms with E-state index >= 15 is 0 Å². The quantitative estimate of drug-likeness (QED) is 0.385. The van der Waals surface area contributed by atoms with Crippen LogP contribution in [0.1, 0.15) is 21.9 Å². The molecule has 0 fully saturated rings. The van der Waals surface area contributed by atoms with Crippen LogP contribution in [0.15, 0.2) is 59.6 Å². The van der Waals surface area contributed by atoms with E-state index in [9.17, 15) is 4.79 Å². The van der Waals surface area contributed by atoms with E-state index in [4.69, 9.17) is 21.6 Å². The minimum Gasteiger partial charge on any atom is -0.467 e. The Kier molecular flexibility index (Phi) is 5.07. The van der Waals surface area contributed by atoms with E-state index in [2.05, 4.69) is 25.6 Å². The molecule has 0 saturated heterocycles. The molecule has 11 heteroatoms. The Bertz CT molecular complexity index is 1450. The van der Waals surface area contributed by atoms with Crippen LogP contribution in [-0.4, -0.2) is 40.4 Å². The van der Waals surface area contributed by atoms with Crippen molar-refractivity contribution in [3.8, 4) is 11.3 Å². The maximum absolute atomic E-state index is 13.2. The van der Waals surface area contributed by atoms with Gasteiger partial charge in [-0.2, -0.15) is 10.2 Å². The summed E-state index contributed by atoms with van der Waals surface area (Å²) in [4.78, 5) is 22.1. The smallest absolute Gasteiger partial charge is 0.252 e. The van der Waals surface area contributed by atoms with Crippen LogP contribution in [-0.2, 0) is 20.1 Å². The van der Waals surface area contributed by atoms with E-state index in [1.165, 1.54) is 0 Å². The van der Waals surface area contributed by atoms with Gasteiger partial charge in [0.25, 0.3) is 5.91 Å². The number of hydrogen-bond donors (Lipinski definition) is 2. The number of hydrogen-bond acceptors (Lipinski definition) is 7. The van der Waals surface area contributed by atoms with E-state index in [0.717, 1.165) is 11.3 Å². The molecule has 0 atom stereocenters. The number of fused-ring (bicyclic) bond motifs is 1. The molecular weight excluding hydrogens is 428 g/mol. The second-order valence-corrected chi connectivity index (χ2v) is 7.49. The highest BCUT2D eigenvalue weighted by atomic mass is 32.1. The van der Waals surface area contributed by atoms with Gasteiger partial charge in [0.05, 0.1) is 35.6 Å². The minimum absolute atomic E-state index is 0.217. The Morgan fingerprint density at radius 1 is 1.28 bits per heavy atom. The molecule has 0 spiro atoms. The number of aromatic nitrogens is 7. The van der Waals surface area contributed by atoms with Gasteiger partial charge in [-0.15, -0.1) is 0 Å². The third-order valence-electron chi connectivity index (χ3n) is 5.08. The van der Waals surface area contributed by atoms with Crippen LogP contribution in [0, 0.1) is 4.77 Å². The Morgan fingerprint density at radius 2 is 2.19 bits per heavy atom. The fourth-order valence-corrected chi connectivity index (χ4v) is 3.51. The lowest BCUT2D eigenvalue weighted by Crippen LogP contribution is -2.25. The summed E-state index contributed by atoms with van der Waals surface area (Å²) in [5, 5.41) is 14.8. The summed E-state index contributed by atoms with van der Waals surface area (Å²) in [6.07, 6.45) is 6.65. The number of furan rings is 1. The van der Waals surface area contributed by atoms with Crippen molar-refractivity contribution < 1.29 is 9.21 Å². The zero-order valence-electron chi connectivity index (χ0n) is 17.0. The number of rotatable bonds is 6. The molecule has 5 aromatic heterocycles. The van der Waals surface area contributed by atoms with E-state index in [0.29, 0.717) is 39.4 Å². The number of amides is 1. The lowest BCUT2D eigenvalue weighted by Gasteiger charge is -2.09. The first kappa shape index (κ1) is 19.8. The molecule has 0 aliphatic carbocycles. The number of carbonyl (C=O) groups excluding carboxylic acids is 1. The number of carbonyl (C=O) groups is 1. The Hall–Kier alpha value is -4.12. The molecule has 10 nitrogen and oxygen atoms in total. The highest BCUT2D eigenvalue weighted by Crippen LogP contribution is 2.25. The Morgan fingerprint density at radius 3 is 2.91 bits per heavy atom. The van der Waals surface area contributed by atoms with E-state index in [1.807, 2.05) is 24.3 Å². The average molecular weight is 446 g/mol. The van der Waals surface area contributed by atoms with E-state index in [1.54, 1.807) is 47.2 Å². The van der Waals surface area contributed by atoms with Crippen molar-refractivity contribution in [3.63, 3.8) is 0 Å². The molecule has 0 aliphatic heterocycles. The fourth-order valence-electron chi connectivity index (χ4n) is 3.36. The van der Waals surface area contributed by atoms with Crippen LogP contribution < -0.4 is 5.32 Å². The fraction of sp³-hybridized carbons (Fsp3) is 0.143. The molecule has 5 heterocycles. The van der Waals surface area contributed by atoms with Crippen LogP contribution in [0.2, 0.25) is 0 Å². The number of aromatic amines is 1. The molecule has 0 aromatic carbocycles. The molecule has 1 amide bonds. The zero-order chi connectivity index (χ0) is 22.1. The molecule has 0 aliphatic rings. The topological polar surface area (TPSA) is 119 Å². The maximum atomic E-state index is 13.2. The summed E-state index contributed by atoms with van der Waals surface area (Å²) in [6.45, 7) is 0.612. The molecule has 0 saturated carbocycles. The van der Waals surface area contributed by atoms with Crippen LogP contribution >= 0.6 is 12.2 Å². The molecular formula is C21H18N8O2S. The number of pyridine rings is 2. The summed E-state index contributed by atoms with van der Waals surface area (Å²) in [7, 11) is 1.79. The Balaban J connectivity index is 1.55. The summed E-state index contributed by atoms with van der Waals surface area (Å²) < 4.78 is 9.35. The predicted octanol–water partition coefficient (Wildman–Crippen LogP) is 2.86. The Labute approximate surface area is 186 Å². The third kappa shape index (κ3) is 3.69. The van der Waals surface area contributed by atoms with Gasteiger partial charge in [0.15, 0.2) is 16.2 Å². The lowest BCUT2D eigenvalue weighted by molar-refractivity contribution is 0.0951. The number of H-pyrrole nitrogens is 1. The van der Waals surface area contributed by atoms with Crippen molar-refractivity contribution in [2.45, 2.75) is 13.1 Å². The van der Waals surface area contributed by atoms with Gasteiger partial charge in [0, 0.05) is 25.0 Å². The van der Waals surface area contributed by atoms with Crippen LogP contribution in [0.4, 0.5) is 0 Å².